The van der Waals surface area contributed by atoms with Gasteiger partial charge in [0.05, 0.1) is 11.7 Å². The summed E-state index contributed by atoms with van der Waals surface area (Å²) >= 11 is 3.39. The summed E-state index contributed by atoms with van der Waals surface area (Å²) in [7, 11) is 0. The number of halogens is 1. The number of nitrogens with one attached hydrogen (secondary N) is 1. The van der Waals surface area contributed by atoms with Gasteiger partial charge in [0, 0.05) is 10.7 Å². The second-order valence-electron chi connectivity index (χ2n) is 4.50. The number of hydrogen-bond donors (Lipinski definition) is 2. The topological polar surface area (TPSA) is 50.9 Å². The lowest BCUT2D eigenvalue weighted by molar-refractivity contribution is 0.488. The van der Waals surface area contributed by atoms with E-state index < -0.39 is 0 Å². The van der Waals surface area contributed by atoms with Crippen LogP contribution >= 0.6 is 15.9 Å². The Labute approximate surface area is 122 Å². The summed E-state index contributed by atoms with van der Waals surface area (Å²) in [6, 6.07) is 14.6. The molecule has 1 atom stereocenters. The van der Waals surface area contributed by atoms with Crippen LogP contribution in [0.3, 0.4) is 0 Å². The van der Waals surface area contributed by atoms with Crippen molar-refractivity contribution in [2.24, 2.45) is 5.84 Å². The minimum absolute atomic E-state index is 0.108. The lowest BCUT2D eigenvalue weighted by Gasteiger charge is -2.15. The van der Waals surface area contributed by atoms with Crippen molar-refractivity contribution in [3.05, 3.63) is 64.4 Å². The van der Waals surface area contributed by atoms with Gasteiger partial charge >= 0.3 is 0 Å². The third kappa shape index (κ3) is 4.42. The second-order valence-corrected chi connectivity index (χ2v) is 5.41. The maximum absolute atomic E-state index is 5.62. The van der Waals surface area contributed by atoms with Crippen molar-refractivity contribution in [2.75, 3.05) is 0 Å². The van der Waals surface area contributed by atoms with E-state index in [1.165, 1.54) is 5.56 Å². The molecule has 0 aliphatic carbocycles. The van der Waals surface area contributed by atoms with E-state index in [0.717, 1.165) is 29.4 Å². The molecule has 0 aliphatic rings. The molecule has 0 spiro atoms. The lowest BCUT2D eigenvalue weighted by atomic mass is 10.0. The Morgan fingerprint density at radius 3 is 2.58 bits per heavy atom. The number of aryl methyl sites for hydroxylation is 1. The quantitative estimate of drug-likeness (QED) is 0.634. The van der Waals surface area contributed by atoms with Gasteiger partial charge in [0.25, 0.3) is 0 Å². The molecule has 0 saturated carbocycles. The molecule has 19 heavy (non-hydrogen) atoms. The average Bonchev–Trinajstić information content (AvgIpc) is 2.46. The molecule has 100 valence electrons. The number of aromatic nitrogens is 1. The maximum Gasteiger partial charge on any atom is 0.0632 e. The molecule has 4 heteroatoms. The zero-order valence-corrected chi connectivity index (χ0v) is 12.3. The predicted octanol–water partition coefficient (Wildman–Crippen LogP) is 3.37. The largest absolute Gasteiger partial charge is 0.271 e. The average molecular weight is 320 g/mol. The fourth-order valence-corrected chi connectivity index (χ4v) is 2.30. The zero-order valence-electron chi connectivity index (χ0n) is 10.7. The van der Waals surface area contributed by atoms with E-state index in [-0.39, 0.29) is 6.04 Å². The highest BCUT2D eigenvalue weighted by Gasteiger charge is 2.10. The van der Waals surface area contributed by atoms with Crippen molar-refractivity contribution in [1.29, 1.82) is 0 Å². The molecule has 3 nitrogen and oxygen atoms in total. The molecule has 2 aromatic rings. The van der Waals surface area contributed by atoms with Gasteiger partial charge < -0.3 is 0 Å². The highest BCUT2D eigenvalue weighted by atomic mass is 79.9. The molecule has 0 amide bonds. The summed E-state index contributed by atoms with van der Waals surface area (Å²) in [4.78, 5) is 4.39. The number of hydrogen-bond acceptors (Lipinski definition) is 3. The molecular weight excluding hydrogens is 302 g/mol. The summed E-state index contributed by atoms with van der Waals surface area (Å²) in [5.74, 6) is 5.62. The first-order chi connectivity index (χ1) is 9.29. The first-order valence-electron chi connectivity index (χ1n) is 6.41. The molecular formula is C15H18BrN3. The van der Waals surface area contributed by atoms with Crippen molar-refractivity contribution in [3.63, 3.8) is 0 Å². The number of nitrogens with zero attached hydrogens (tertiary/aromatic N) is 1. The Bertz CT molecular complexity index is 485. The summed E-state index contributed by atoms with van der Waals surface area (Å²) < 4.78 is 0.983. The van der Waals surface area contributed by atoms with Crippen molar-refractivity contribution < 1.29 is 0 Å². The fourth-order valence-electron chi connectivity index (χ4n) is 2.06. The van der Waals surface area contributed by atoms with Crippen LogP contribution < -0.4 is 11.3 Å². The second kappa shape index (κ2) is 7.38. The van der Waals surface area contributed by atoms with Crippen molar-refractivity contribution in [3.8, 4) is 0 Å². The zero-order chi connectivity index (χ0) is 13.5. The van der Waals surface area contributed by atoms with Gasteiger partial charge in [0.1, 0.15) is 0 Å². The molecule has 2 rings (SSSR count). The van der Waals surface area contributed by atoms with E-state index in [1.54, 1.807) is 6.20 Å². The SMILES string of the molecule is NNC(CCCc1ccccc1)c1ccc(Br)cn1. The lowest BCUT2D eigenvalue weighted by Crippen LogP contribution is -2.28. The van der Waals surface area contributed by atoms with Gasteiger partial charge in [-0.3, -0.25) is 16.3 Å². The normalized spacial score (nSPS) is 12.3. The smallest absolute Gasteiger partial charge is 0.0632 e. The minimum Gasteiger partial charge on any atom is -0.271 e. The third-order valence-electron chi connectivity index (χ3n) is 3.11. The Morgan fingerprint density at radius 2 is 1.95 bits per heavy atom. The highest BCUT2D eigenvalue weighted by molar-refractivity contribution is 9.10. The van der Waals surface area contributed by atoms with E-state index in [2.05, 4.69) is 50.6 Å². The van der Waals surface area contributed by atoms with Gasteiger partial charge in [0.2, 0.25) is 0 Å². The number of rotatable bonds is 6. The maximum atomic E-state index is 5.62. The van der Waals surface area contributed by atoms with Crippen LogP contribution in [-0.2, 0) is 6.42 Å². The van der Waals surface area contributed by atoms with Crippen LogP contribution in [0.4, 0.5) is 0 Å². The van der Waals surface area contributed by atoms with Gasteiger partial charge in [-0.05, 0) is 52.9 Å². The molecule has 1 aromatic carbocycles. The Balaban J connectivity index is 1.87. The predicted molar refractivity (Wildman–Crippen MR) is 81.4 cm³/mol. The van der Waals surface area contributed by atoms with Crippen LogP contribution in [-0.4, -0.2) is 4.98 Å². The summed E-state index contributed by atoms with van der Waals surface area (Å²) in [6.45, 7) is 0. The standard InChI is InChI=1S/C15H18BrN3/c16-13-9-10-14(18-11-13)15(19-17)8-4-7-12-5-2-1-3-6-12/h1-3,5-6,9-11,15,19H,4,7-8,17H2. The molecule has 1 aromatic heterocycles. The third-order valence-corrected chi connectivity index (χ3v) is 3.58. The van der Waals surface area contributed by atoms with Crippen molar-refractivity contribution in [1.82, 2.24) is 10.4 Å². The molecule has 0 aliphatic heterocycles. The first kappa shape index (κ1) is 14.2. The summed E-state index contributed by atoms with van der Waals surface area (Å²) in [5, 5.41) is 0. The summed E-state index contributed by atoms with van der Waals surface area (Å²) in [6.07, 6.45) is 4.92. The monoisotopic (exact) mass is 319 g/mol. The van der Waals surface area contributed by atoms with Crippen LogP contribution in [0.1, 0.15) is 30.1 Å². The van der Waals surface area contributed by atoms with E-state index in [9.17, 15) is 0 Å². The van der Waals surface area contributed by atoms with Gasteiger partial charge in [-0.1, -0.05) is 30.3 Å². The van der Waals surface area contributed by atoms with Crippen molar-refractivity contribution in [2.45, 2.75) is 25.3 Å². The number of nitrogens with two attached hydrogens (primary N) is 1. The van der Waals surface area contributed by atoms with Gasteiger partial charge in [-0.25, -0.2) is 0 Å². The molecule has 0 bridgehead atoms. The highest BCUT2D eigenvalue weighted by Crippen LogP contribution is 2.18. The number of pyridine rings is 1. The van der Waals surface area contributed by atoms with Crippen LogP contribution in [0, 0.1) is 0 Å². The first-order valence-corrected chi connectivity index (χ1v) is 7.20. The van der Waals surface area contributed by atoms with E-state index in [1.807, 2.05) is 18.2 Å². The van der Waals surface area contributed by atoms with Gasteiger partial charge in [-0.15, -0.1) is 0 Å². The molecule has 3 N–H and O–H groups in total. The van der Waals surface area contributed by atoms with E-state index in [0.29, 0.717) is 0 Å². The van der Waals surface area contributed by atoms with Crippen LogP contribution in [0.5, 0.6) is 0 Å². The molecule has 0 saturated heterocycles. The Kier molecular flexibility index (Phi) is 5.51. The van der Waals surface area contributed by atoms with Crippen LogP contribution in [0.2, 0.25) is 0 Å². The summed E-state index contributed by atoms with van der Waals surface area (Å²) in [5.41, 5.74) is 5.19. The van der Waals surface area contributed by atoms with Gasteiger partial charge in [0.15, 0.2) is 0 Å². The fraction of sp³-hybridized carbons (Fsp3) is 0.267. The molecule has 1 heterocycles. The Morgan fingerprint density at radius 1 is 1.16 bits per heavy atom. The van der Waals surface area contributed by atoms with Crippen molar-refractivity contribution >= 4 is 15.9 Å². The van der Waals surface area contributed by atoms with Crippen LogP contribution in [0.25, 0.3) is 0 Å². The molecule has 1 unspecified atom stereocenters. The number of benzene rings is 1. The van der Waals surface area contributed by atoms with E-state index in [4.69, 9.17) is 5.84 Å². The Hall–Kier alpha value is -1.23. The molecule has 0 fully saturated rings. The molecule has 0 radical (unpaired) electrons. The minimum atomic E-state index is 0.108. The van der Waals surface area contributed by atoms with Crippen LogP contribution in [0.15, 0.2) is 53.1 Å². The van der Waals surface area contributed by atoms with E-state index >= 15 is 0 Å². The number of hydrazine groups is 1. The van der Waals surface area contributed by atoms with Gasteiger partial charge in [-0.2, -0.15) is 0 Å².